The normalized spacial score (nSPS) is 21.1. The molecule has 1 aliphatic rings. The molecular weight excluding hydrogens is 180 g/mol. The molecule has 1 atom stereocenters. The van der Waals surface area contributed by atoms with Crippen LogP contribution in [0.1, 0.15) is 19.8 Å². The Morgan fingerprint density at radius 1 is 1.64 bits per heavy atom. The van der Waals surface area contributed by atoms with Crippen LogP contribution < -0.4 is 5.32 Å². The van der Waals surface area contributed by atoms with Gasteiger partial charge in [-0.25, -0.2) is 0 Å². The summed E-state index contributed by atoms with van der Waals surface area (Å²) in [6.45, 7) is 4.86. The predicted octanol–water partition coefficient (Wildman–Crippen LogP) is 0.233. The van der Waals surface area contributed by atoms with E-state index in [-0.39, 0.29) is 12.5 Å². The lowest BCUT2D eigenvalue weighted by atomic mass is 10.2. The lowest BCUT2D eigenvalue weighted by molar-refractivity contribution is -0.135. The predicted molar refractivity (Wildman–Crippen MR) is 55.2 cm³/mol. The molecule has 0 saturated carbocycles. The Bertz CT molecular complexity index is 179. The average molecular weight is 200 g/mol. The summed E-state index contributed by atoms with van der Waals surface area (Å²) in [6, 6.07) is 0.482. The summed E-state index contributed by atoms with van der Waals surface area (Å²) in [4.78, 5) is 13.4. The van der Waals surface area contributed by atoms with E-state index in [1.807, 2.05) is 11.8 Å². The summed E-state index contributed by atoms with van der Waals surface area (Å²) < 4.78 is 4.84. The van der Waals surface area contributed by atoms with Crippen LogP contribution >= 0.6 is 0 Å². The number of carbonyl (C=O) groups is 1. The molecule has 1 rings (SSSR count). The number of ether oxygens (including phenoxy) is 1. The molecule has 4 heteroatoms. The maximum atomic E-state index is 11.5. The highest BCUT2D eigenvalue weighted by Crippen LogP contribution is 2.06. The van der Waals surface area contributed by atoms with Crippen LogP contribution in [0.2, 0.25) is 0 Å². The van der Waals surface area contributed by atoms with Crippen molar-refractivity contribution < 1.29 is 9.53 Å². The van der Waals surface area contributed by atoms with Crippen LogP contribution in [-0.4, -0.2) is 50.2 Å². The van der Waals surface area contributed by atoms with Crippen LogP contribution in [0.4, 0.5) is 0 Å². The first kappa shape index (κ1) is 11.5. The summed E-state index contributed by atoms with van der Waals surface area (Å²) in [6.07, 6.45) is 2.40. The van der Waals surface area contributed by atoms with E-state index >= 15 is 0 Å². The van der Waals surface area contributed by atoms with Gasteiger partial charge in [-0.15, -0.1) is 0 Å². The van der Waals surface area contributed by atoms with E-state index in [1.165, 1.54) is 12.8 Å². The minimum atomic E-state index is 0.0868. The quantitative estimate of drug-likeness (QED) is 0.691. The zero-order valence-corrected chi connectivity index (χ0v) is 9.08. The van der Waals surface area contributed by atoms with Crippen LogP contribution in [0.3, 0.4) is 0 Å². The molecule has 1 saturated heterocycles. The van der Waals surface area contributed by atoms with E-state index in [9.17, 15) is 4.79 Å². The largest absolute Gasteiger partial charge is 0.375 e. The van der Waals surface area contributed by atoms with Crippen molar-refractivity contribution in [1.82, 2.24) is 10.2 Å². The van der Waals surface area contributed by atoms with E-state index < -0.39 is 0 Å². The van der Waals surface area contributed by atoms with Crippen LogP contribution in [0, 0.1) is 0 Å². The van der Waals surface area contributed by atoms with Gasteiger partial charge in [0, 0.05) is 26.2 Å². The topological polar surface area (TPSA) is 41.6 Å². The van der Waals surface area contributed by atoms with E-state index in [4.69, 9.17) is 4.74 Å². The number of methoxy groups -OCH3 is 1. The second kappa shape index (κ2) is 5.98. The van der Waals surface area contributed by atoms with Crippen molar-refractivity contribution in [3.8, 4) is 0 Å². The van der Waals surface area contributed by atoms with Gasteiger partial charge in [0.05, 0.1) is 0 Å². The maximum absolute atomic E-state index is 11.5. The molecule has 0 aromatic rings. The number of amides is 1. The molecule has 0 aromatic carbocycles. The van der Waals surface area contributed by atoms with Gasteiger partial charge in [0.1, 0.15) is 6.61 Å². The molecular formula is C10H20N2O2. The molecule has 82 valence electrons. The van der Waals surface area contributed by atoms with E-state index in [2.05, 4.69) is 5.32 Å². The van der Waals surface area contributed by atoms with Crippen molar-refractivity contribution in [3.05, 3.63) is 0 Å². The van der Waals surface area contributed by atoms with Gasteiger partial charge in [-0.05, 0) is 26.3 Å². The van der Waals surface area contributed by atoms with Gasteiger partial charge < -0.3 is 15.0 Å². The monoisotopic (exact) mass is 200 g/mol. The van der Waals surface area contributed by atoms with Crippen LogP contribution in [0.15, 0.2) is 0 Å². The third-order valence-corrected chi connectivity index (χ3v) is 2.61. The molecule has 0 aliphatic carbocycles. The Kier molecular flexibility index (Phi) is 4.90. The van der Waals surface area contributed by atoms with Crippen molar-refractivity contribution in [3.63, 3.8) is 0 Å². The molecule has 1 aliphatic heterocycles. The van der Waals surface area contributed by atoms with Crippen molar-refractivity contribution in [2.24, 2.45) is 0 Å². The smallest absolute Gasteiger partial charge is 0.248 e. The molecule has 1 amide bonds. The molecule has 4 nitrogen and oxygen atoms in total. The fourth-order valence-electron chi connectivity index (χ4n) is 1.80. The van der Waals surface area contributed by atoms with Crippen LogP contribution in [-0.2, 0) is 9.53 Å². The van der Waals surface area contributed by atoms with Crippen LogP contribution in [0.5, 0.6) is 0 Å². The fourth-order valence-corrected chi connectivity index (χ4v) is 1.80. The zero-order chi connectivity index (χ0) is 10.4. The zero-order valence-electron chi connectivity index (χ0n) is 9.08. The van der Waals surface area contributed by atoms with Gasteiger partial charge in [0.2, 0.25) is 5.91 Å². The molecule has 0 spiro atoms. The Labute approximate surface area is 85.6 Å². The first-order valence-electron chi connectivity index (χ1n) is 5.28. The van der Waals surface area contributed by atoms with Gasteiger partial charge in [-0.1, -0.05) is 0 Å². The van der Waals surface area contributed by atoms with Crippen molar-refractivity contribution in [2.45, 2.75) is 25.8 Å². The molecule has 0 bridgehead atoms. The van der Waals surface area contributed by atoms with E-state index in [0.717, 1.165) is 19.6 Å². The van der Waals surface area contributed by atoms with E-state index in [0.29, 0.717) is 6.04 Å². The Morgan fingerprint density at radius 3 is 2.93 bits per heavy atom. The average Bonchev–Trinajstić information content (AvgIpc) is 2.66. The standard InChI is InChI=1S/C10H20N2O2/c1-3-12(10(13)8-14-2)7-9-5-4-6-11-9/h9,11H,3-8H2,1-2H3. The summed E-state index contributed by atoms with van der Waals surface area (Å²) in [5, 5.41) is 3.38. The number of hydrogen-bond acceptors (Lipinski definition) is 3. The highest BCUT2D eigenvalue weighted by molar-refractivity contribution is 5.77. The third kappa shape index (κ3) is 3.27. The first-order valence-corrected chi connectivity index (χ1v) is 5.28. The number of rotatable bonds is 5. The second-order valence-corrected chi connectivity index (χ2v) is 3.66. The molecule has 0 radical (unpaired) electrons. The summed E-state index contributed by atoms with van der Waals surface area (Å²) in [5.74, 6) is 0.0868. The molecule has 1 fully saturated rings. The van der Waals surface area contributed by atoms with Gasteiger partial charge in [-0.2, -0.15) is 0 Å². The van der Waals surface area contributed by atoms with Gasteiger partial charge in [0.25, 0.3) is 0 Å². The molecule has 1 unspecified atom stereocenters. The summed E-state index contributed by atoms with van der Waals surface area (Å²) in [5.41, 5.74) is 0. The SMILES string of the molecule is CCN(CC1CCCN1)C(=O)COC. The number of carbonyl (C=O) groups excluding carboxylic acids is 1. The molecule has 0 aromatic heterocycles. The Balaban J connectivity index is 2.33. The van der Waals surface area contributed by atoms with Gasteiger partial charge in [-0.3, -0.25) is 4.79 Å². The highest BCUT2D eigenvalue weighted by atomic mass is 16.5. The molecule has 1 N–H and O–H groups in total. The number of nitrogens with zero attached hydrogens (tertiary/aromatic N) is 1. The summed E-state index contributed by atoms with van der Waals surface area (Å²) in [7, 11) is 1.56. The minimum absolute atomic E-state index is 0.0868. The third-order valence-electron chi connectivity index (χ3n) is 2.61. The molecule has 1 heterocycles. The lowest BCUT2D eigenvalue weighted by Gasteiger charge is -2.24. The highest BCUT2D eigenvalue weighted by Gasteiger charge is 2.19. The van der Waals surface area contributed by atoms with Crippen molar-refractivity contribution >= 4 is 5.91 Å². The summed E-state index contributed by atoms with van der Waals surface area (Å²) >= 11 is 0. The Morgan fingerprint density at radius 2 is 2.43 bits per heavy atom. The maximum Gasteiger partial charge on any atom is 0.248 e. The number of hydrogen-bond donors (Lipinski definition) is 1. The number of likely N-dealkylation sites (N-methyl/N-ethyl adjacent to an activating group) is 1. The first-order chi connectivity index (χ1) is 6.77. The van der Waals surface area contributed by atoms with Crippen molar-refractivity contribution in [2.75, 3.05) is 33.4 Å². The minimum Gasteiger partial charge on any atom is -0.375 e. The molecule has 14 heavy (non-hydrogen) atoms. The van der Waals surface area contributed by atoms with Crippen LogP contribution in [0.25, 0.3) is 0 Å². The van der Waals surface area contributed by atoms with Gasteiger partial charge in [0.15, 0.2) is 0 Å². The Hall–Kier alpha value is -0.610. The van der Waals surface area contributed by atoms with Crippen molar-refractivity contribution in [1.29, 1.82) is 0 Å². The van der Waals surface area contributed by atoms with E-state index in [1.54, 1.807) is 7.11 Å². The second-order valence-electron chi connectivity index (χ2n) is 3.66. The number of nitrogens with one attached hydrogen (secondary N) is 1. The van der Waals surface area contributed by atoms with Gasteiger partial charge >= 0.3 is 0 Å². The fraction of sp³-hybridized carbons (Fsp3) is 0.900. The lowest BCUT2D eigenvalue weighted by Crippen LogP contribution is -2.42.